The maximum absolute atomic E-state index is 11.7. The minimum atomic E-state index is -0.316. The van der Waals surface area contributed by atoms with Crippen LogP contribution in [0.1, 0.15) is 78.6 Å². The van der Waals surface area contributed by atoms with Gasteiger partial charge in [0.1, 0.15) is 0 Å². The summed E-state index contributed by atoms with van der Waals surface area (Å²) in [6, 6.07) is 0. The average molecular weight is 451 g/mol. The van der Waals surface area contributed by atoms with Crippen molar-refractivity contribution >= 4 is 0 Å². The van der Waals surface area contributed by atoms with Gasteiger partial charge < -0.3 is 25.2 Å². The van der Waals surface area contributed by atoms with Crippen molar-refractivity contribution in [1.29, 1.82) is 0 Å². The summed E-state index contributed by atoms with van der Waals surface area (Å²) in [6.45, 7) is 7.98. The lowest BCUT2D eigenvalue weighted by atomic mass is 9.43. The van der Waals surface area contributed by atoms with Crippen LogP contribution in [0.2, 0.25) is 0 Å². The van der Waals surface area contributed by atoms with Crippen molar-refractivity contribution < 1.29 is 25.2 Å². The predicted octanol–water partition coefficient (Wildman–Crippen LogP) is 3.37. The number of hydrogen-bond acceptors (Lipinski definition) is 5. The molecule has 4 saturated carbocycles. The van der Waals surface area contributed by atoms with E-state index in [2.05, 4.69) is 20.8 Å². The number of aliphatic hydroxyl groups excluding tert-OH is 4. The van der Waals surface area contributed by atoms with Gasteiger partial charge in [-0.15, -0.1) is 0 Å². The first kappa shape index (κ1) is 23.5. The normalized spacial score (nSPS) is 56.0. The molecule has 13 unspecified atom stereocenters. The molecule has 1 aliphatic heterocycles. The zero-order valence-electron chi connectivity index (χ0n) is 20.3. The number of aliphatic hydroxyl groups is 4. The molecule has 0 spiro atoms. The molecule has 0 radical (unpaired) electrons. The van der Waals surface area contributed by atoms with Crippen LogP contribution in [0, 0.1) is 52.3 Å². The van der Waals surface area contributed by atoms with E-state index >= 15 is 0 Å². The fraction of sp³-hybridized carbons (Fsp3) is 1.00. The highest BCUT2D eigenvalue weighted by Gasteiger charge is 2.65. The Morgan fingerprint density at radius 3 is 2.47 bits per heavy atom. The molecule has 184 valence electrons. The zero-order chi connectivity index (χ0) is 22.8. The third kappa shape index (κ3) is 3.44. The highest BCUT2D eigenvalue weighted by Crippen LogP contribution is 2.68. The summed E-state index contributed by atoms with van der Waals surface area (Å²) in [4.78, 5) is 0. The maximum atomic E-state index is 11.7. The van der Waals surface area contributed by atoms with Crippen LogP contribution in [0.25, 0.3) is 0 Å². The van der Waals surface area contributed by atoms with Gasteiger partial charge in [0.25, 0.3) is 0 Å². The monoisotopic (exact) mass is 450 g/mol. The second kappa shape index (κ2) is 8.48. The van der Waals surface area contributed by atoms with Crippen LogP contribution in [0.4, 0.5) is 0 Å². The summed E-state index contributed by atoms with van der Waals surface area (Å²) >= 11 is 0. The first-order valence-corrected chi connectivity index (χ1v) is 13.5. The van der Waals surface area contributed by atoms with E-state index in [1.54, 1.807) is 0 Å². The minimum Gasteiger partial charge on any atom is -0.396 e. The van der Waals surface area contributed by atoms with E-state index < -0.39 is 0 Å². The van der Waals surface area contributed by atoms with Gasteiger partial charge >= 0.3 is 0 Å². The van der Waals surface area contributed by atoms with E-state index in [1.165, 1.54) is 0 Å². The van der Waals surface area contributed by atoms with Crippen LogP contribution >= 0.6 is 0 Å². The number of ether oxygens (including phenoxy) is 1. The smallest absolute Gasteiger partial charge is 0.0647 e. The van der Waals surface area contributed by atoms with Crippen molar-refractivity contribution in [2.24, 2.45) is 52.3 Å². The molecule has 0 aromatic heterocycles. The molecule has 4 N–H and O–H groups in total. The lowest BCUT2D eigenvalue weighted by Gasteiger charge is -2.63. The van der Waals surface area contributed by atoms with Gasteiger partial charge in [0.15, 0.2) is 0 Å². The van der Waals surface area contributed by atoms with Crippen molar-refractivity contribution in [3.8, 4) is 0 Å². The van der Waals surface area contributed by atoms with Gasteiger partial charge in [-0.05, 0) is 104 Å². The SMILES string of the molecule is CC(CCC1OCC1CO)C1CCC2C3C(O)CC4CC(O)CCC4(C)C3CC(O)C12C. The summed E-state index contributed by atoms with van der Waals surface area (Å²) < 4.78 is 5.69. The molecule has 5 fully saturated rings. The van der Waals surface area contributed by atoms with Gasteiger partial charge in [-0.3, -0.25) is 0 Å². The van der Waals surface area contributed by atoms with Crippen LogP contribution in [0.5, 0.6) is 0 Å². The molecule has 32 heavy (non-hydrogen) atoms. The maximum Gasteiger partial charge on any atom is 0.0647 e. The summed E-state index contributed by atoms with van der Waals surface area (Å²) in [5.74, 6) is 2.68. The molecule has 4 aliphatic carbocycles. The van der Waals surface area contributed by atoms with E-state index in [4.69, 9.17) is 4.74 Å². The third-order valence-electron chi connectivity index (χ3n) is 11.7. The Morgan fingerprint density at radius 1 is 1.00 bits per heavy atom. The van der Waals surface area contributed by atoms with E-state index in [9.17, 15) is 20.4 Å². The third-order valence-corrected chi connectivity index (χ3v) is 11.7. The summed E-state index contributed by atoms with van der Waals surface area (Å²) in [5.41, 5.74) is 0.00575. The van der Waals surface area contributed by atoms with E-state index in [0.717, 1.165) is 57.8 Å². The second-order valence-electron chi connectivity index (χ2n) is 12.9. The van der Waals surface area contributed by atoms with Crippen molar-refractivity contribution in [1.82, 2.24) is 0 Å². The van der Waals surface area contributed by atoms with Gasteiger partial charge in [-0.25, -0.2) is 0 Å². The molecule has 5 heteroatoms. The number of rotatable bonds is 5. The van der Waals surface area contributed by atoms with E-state index in [0.29, 0.717) is 42.1 Å². The topological polar surface area (TPSA) is 90.2 Å². The highest BCUT2D eigenvalue weighted by atomic mass is 16.5. The quantitative estimate of drug-likeness (QED) is 0.516. The largest absolute Gasteiger partial charge is 0.396 e. The van der Waals surface area contributed by atoms with Crippen LogP contribution in [0.15, 0.2) is 0 Å². The molecule has 5 aliphatic rings. The molecule has 1 heterocycles. The van der Waals surface area contributed by atoms with Gasteiger partial charge in [0.05, 0.1) is 37.6 Å². The fourth-order valence-electron chi connectivity index (χ4n) is 9.62. The van der Waals surface area contributed by atoms with Gasteiger partial charge in [-0.1, -0.05) is 20.8 Å². The van der Waals surface area contributed by atoms with E-state index in [-0.39, 0.29) is 47.8 Å². The lowest BCUT2D eigenvalue weighted by Crippen LogP contribution is -2.62. The van der Waals surface area contributed by atoms with E-state index in [1.807, 2.05) is 0 Å². The van der Waals surface area contributed by atoms with Gasteiger partial charge in [0.2, 0.25) is 0 Å². The van der Waals surface area contributed by atoms with Crippen molar-refractivity contribution in [3.63, 3.8) is 0 Å². The molecular weight excluding hydrogens is 404 g/mol. The van der Waals surface area contributed by atoms with Crippen molar-refractivity contribution in [2.75, 3.05) is 13.2 Å². The standard InChI is InChI=1S/C27H46O5/c1-15(4-7-23-16(13-28)14-32-23)19-5-6-20-25-21(12-24(31)27(19,20)3)26(2)9-8-18(29)10-17(26)11-22(25)30/h15-25,28-31H,4-14H2,1-3H3. The molecule has 13 atom stereocenters. The Kier molecular flexibility index (Phi) is 6.24. The fourth-order valence-corrected chi connectivity index (χ4v) is 9.62. The van der Waals surface area contributed by atoms with Crippen molar-refractivity contribution in [2.45, 2.75) is 103 Å². The molecule has 0 aromatic rings. The molecule has 0 aromatic carbocycles. The zero-order valence-corrected chi connectivity index (χ0v) is 20.3. The van der Waals surface area contributed by atoms with Gasteiger partial charge in [-0.2, -0.15) is 0 Å². The summed E-state index contributed by atoms with van der Waals surface area (Å²) in [5, 5.41) is 42.8. The Morgan fingerprint density at radius 2 is 1.78 bits per heavy atom. The van der Waals surface area contributed by atoms with Crippen LogP contribution in [-0.4, -0.2) is 58.1 Å². The number of fused-ring (bicyclic) bond motifs is 5. The first-order valence-electron chi connectivity index (χ1n) is 13.5. The molecule has 5 nitrogen and oxygen atoms in total. The Balaban J connectivity index is 1.33. The highest BCUT2D eigenvalue weighted by molar-refractivity contribution is 5.14. The van der Waals surface area contributed by atoms with Crippen LogP contribution < -0.4 is 0 Å². The van der Waals surface area contributed by atoms with Crippen molar-refractivity contribution in [3.05, 3.63) is 0 Å². The molecular formula is C27H46O5. The second-order valence-corrected chi connectivity index (χ2v) is 12.9. The van der Waals surface area contributed by atoms with Crippen LogP contribution in [-0.2, 0) is 4.74 Å². The van der Waals surface area contributed by atoms with Gasteiger partial charge in [0, 0.05) is 5.92 Å². The Hall–Kier alpha value is -0.200. The number of hydrogen-bond donors (Lipinski definition) is 4. The first-order chi connectivity index (χ1) is 15.2. The molecule has 5 rings (SSSR count). The molecule has 1 saturated heterocycles. The average Bonchev–Trinajstić information content (AvgIpc) is 3.08. The molecule has 0 amide bonds. The Bertz CT molecular complexity index is 683. The molecule has 0 bridgehead atoms. The summed E-state index contributed by atoms with van der Waals surface area (Å²) in [6.07, 6.45) is 8.01. The van der Waals surface area contributed by atoms with Crippen LogP contribution in [0.3, 0.4) is 0 Å². The Labute approximate surface area is 193 Å². The minimum absolute atomic E-state index is 0.129. The lowest BCUT2D eigenvalue weighted by molar-refractivity contribution is -0.207. The predicted molar refractivity (Wildman–Crippen MR) is 123 cm³/mol. The summed E-state index contributed by atoms with van der Waals surface area (Å²) in [7, 11) is 0.